The minimum atomic E-state index is -2.89. The summed E-state index contributed by atoms with van der Waals surface area (Å²) in [6.07, 6.45) is 0. The molecule has 3 aliphatic heterocycles. The molecule has 0 aromatic heterocycles. The van der Waals surface area contributed by atoms with Gasteiger partial charge in [-0.2, -0.15) is 0 Å². The third kappa shape index (κ3) is 6.69. The molecule has 0 radical (unpaired) electrons. The zero-order chi connectivity index (χ0) is 45.8. The maximum Gasteiger partial charge on any atom is 0.141 e. The predicted octanol–water partition coefficient (Wildman–Crippen LogP) is 16.0. The van der Waals surface area contributed by atoms with Crippen molar-refractivity contribution in [2.75, 3.05) is 16.5 Å². The van der Waals surface area contributed by atoms with E-state index in [9.17, 15) is 0 Å². The lowest BCUT2D eigenvalue weighted by molar-refractivity contribution is 0.572. The fourth-order valence-electron chi connectivity index (χ4n) is 10.5. The topological polar surface area (TPSA) is 23.6 Å². The van der Waals surface area contributed by atoms with Crippen LogP contribution in [0.5, 0.6) is 0 Å². The molecule has 9 rings (SSSR count). The molecule has 0 N–H and O–H groups in total. The summed E-state index contributed by atoms with van der Waals surface area (Å²) < 4.78 is 15.1. The molecular weight excluding hydrogens is 784 g/mol. The Hall–Kier alpha value is -4.85. The van der Waals surface area contributed by atoms with Crippen LogP contribution in [0, 0.1) is 0 Å². The Labute approximate surface area is 379 Å². The van der Waals surface area contributed by atoms with Gasteiger partial charge in [0.15, 0.2) is 0 Å². The van der Waals surface area contributed by atoms with Crippen molar-refractivity contribution in [3.8, 4) is 11.1 Å². The number of rotatable bonds is 2. The highest BCUT2D eigenvalue weighted by atomic mass is 31.2. The summed E-state index contributed by atoms with van der Waals surface area (Å²) in [4.78, 5) is 4.94. The van der Waals surface area contributed by atoms with E-state index in [2.05, 4.69) is 230 Å². The van der Waals surface area contributed by atoms with Gasteiger partial charge in [-0.15, -0.1) is 0 Å². The second-order valence-corrected chi connectivity index (χ2v) is 27.0. The van der Waals surface area contributed by atoms with Crippen molar-refractivity contribution >= 4 is 51.9 Å². The molecule has 3 nitrogen and oxygen atoms in total. The Balaban J connectivity index is 1.25. The van der Waals surface area contributed by atoms with Crippen LogP contribution in [0.4, 0.5) is 34.1 Å². The molecule has 4 heteroatoms. The number of hydrogen-bond donors (Lipinski definition) is 0. The van der Waals surface area contributed by atoms with E-state index in [1.165, 1.54) is 67.3 Å². The summed E-state index contributed by atoms with van der Waals surface area (Å²) in [5, 5.41) is 1.88. The van der Waals surface area contributed by atoms with Gasteiger partial charge in [0.1, 0.15) is 7.14 Å². The molecular formula is C59H69N2OP. The summed E-state index contributed by atoms with van der Waals surface area (Å²) in [6, 6.07) is 41.8. The van der Waals surface area contributed by atoms with Crippen molar-refractivity contribution in [1.29, 1.82) is 0 Å². The Morgan fingerprint density at radius 2 is 0.635 bits per heavy atom. The number of hydrogen-bond acceptors (Lipinski definition) is 3. The van der Waals surface area contributed by atoms with Crippen LogP contribution in [-0.4, -0.2) is 6.66 Å². The molecule has 326 valence electrons. The fourth-order valence-corrected chi connectivity index (χ4v) is 12.8. The average molecular weight is 853 g/mol. The summed E-state index contributed by atoms with van der Waals surface area (Å²) >= 11 is 0. The minimum absolute atomic E-state index is 0.00957. The molecule has 3 aliphatic rings. The van der Waals surface area contributed by atoms with Crippen molar-refractivity contribution < 1.29 is 4.57 Å². The molecule has 6 aromatic carbocycles. The number of anilines is 6. The highest BCUT2D eigenvalue weighted by Gasteiger charge is 2.43. The van der Waals surface area contributed by atoms with Crippen molar-refractivity contribution in [3.63, 3.8) is 0 Å². The van der Waals surface area contributed by atoms with Gasteiger partial charge in [0, 0.05) is 32.8 Å². The summed E-state index contributed by atoms with van der Waals surface area (Å²) in [7, 11) is -2.89. The van der Waals surface area contributed by atoms with E-state index in [1.54, 1.807) is 0 Å². The molecule has 0 atom stereocenters. The van der Waals surface area contributed by atoms with E-state index in [0.29, 0.717) is 0 Å². The van der Waals surface area contributed by atoms with Crippen LogP contribution >= 0.6 is 7.14 Å². The quantitative estimate of drug-likeness (QED) is 0.162. The summed E-state index contributed by atoms with van der Waals surface area (Å²) in [5.41, 5.74) is 19.3. The molecule has 0 fully saturated rings. The van der Waals surface area contributed by atoms with E-state index < -0.39 is 7.14 Å². The van der Waals surface area contributed by atoms with Crippen LogP contribution in [0.1, 0.15) is 155 Å². The van der Waals surface area contributed by atoms with Crippen LogP contribution in [0.3, 0.4) is 0 Å². The lowest BCUT2D eigenvalue weighted by Crippen LogP contribution is -2.32. The van der Waals surface area contributed by atoms with E-state index in [-0.39, 0.29) is 32.5 Å². The van der Waals surface area contributed by atoms with Gasteiger partial charge in [-0.05, 0) is 145 Å². The molecule has 0 aliphatic carbocycles. The number of fused-ring (bicyclic) bond motifs is 7. The summed E-state index contributed by atoms with van der Waals surface area (Å²) in [5.74, 6) is 0. The zero-order valence-corrected chi connectivity index (χ0v) is 42.0. The van der Waals surface area contributed by atoms with Gasteiger partial charge in [0.05, 0.1) is 22.7 Å². The van der Waals surface area contributed by atoms with Crippen molar-refractivity contribution in [2.45, 2.75) is 143 Å². The molecule has 0 spiro atoms. The second-order valence-electron chi connectivity index (χ2n) is 24.2. The first-order valence-corrected chi connectivity index (χ1v) is 25.3. The standard InChI is InChI=1S/C59H69N2OP/c1-54(2,3)36-18-24-48-44(30-36)58(13,14)45-31-37(55(4,5)6)19-25-49(45)60(48)40-22-28-52-42(34-40)43-35-41(23-29-53(43)63(52,17)62)61-50-26-20-38(56(7,8)9)32-46(50)59(15,16)47-33-39(57(10,11)12)21-27-51(47)61/h18-35H,1-17H3. The van der Waals surface area contributed by atoms with Gasteiger partial charge in [0.2, 0.25) is 0 Å². The third-order valence-electron chi connectivity index (χ3n) is 14.8. The molecule has 0 unspecified atom stereocenters. The monoisotopic (exact) mass is 853 g/mol. The highest BCUT2D eigenvalue weighted by molar-refractivity contribution is 7.79. The lowest BCUT2D eigenvalue weighted by atomic mass is 9.70. The van der Waals surface area contributed by atoms with E-state index in [1.807, 2.05) is 6.66 Å². The van der Waals surface area contributed by atoms with Gasteiger partial charge < -0.3 is 14.4 Å². The van der Waals surface area contributed by atoms with Gasteiger partial charge in [-0.25, -0.2) is 0 Å². The molecule has 63 heavy (non-hydrogen) atoms. The molecule has 0 bridgehead atoms. The Morgan fingerprint density at radius 1 is 0.381 bits per heavy atom. The molecule has 3 heterocycles. The second kappa shape index (κ2) is 13.6. The third-order valence-corrected chi connectivity index (χ3v) is 17.4. The van der Waals surface area contributed by atoms with Crippen molar-refractivity contribution in [2.24, 2.45) is 0 Å². The van der Waals surface area contributed by atoms with E-state index >= 15 is 4.57 Å². The fraction of sp³-hybridized carbons (Fsp3) is 0.390. The molecule has 0 saturated heterocycles. The minimum Gasteiger partial charge on any atom is -0.314 e. The van der Waals surface area contributed by atoms with Gasteiger partial charge in [0.25, 0.3) is 0 Å². The van der Waals surface area contributed by atoms with Gasteiger partial charge in [-0.3, -0.25) is 0 Å². The first-order valence-electron chi connectivity index (χ1n) is 23.1. The van der Waals surface area contributed by atoms with Gasteiger partial charge in [-0.1, -0.05) is 159 Å². The molecule has 0 saturated carbocycles. The normalized spacial score (nSPS) is 17.0. The Bertz CT molecular complexity index is 2600. The van der Waals surface area contributed by atoms with Crippen LogP contribution in [0.15, 0.2) is 109 Å². The maximum atomic E-state index is 15.1. The number of nitrogens with zero attached hydrogens (tertiary/aromatic N) is 2. The average Bonchev–Trinajstić information content (AvgIpc) is 3.41. The smallest absolute Gasteiger partial charge is 0.141 e. The molecule has 6 aromatic rings. The van der Waals surface area contributed by atoms with Gasteiger partial charge >= 0.3 is 0 Å². The van der Waals surface area contributed by atoms with Crippen LogP contribution in [0.25, 0.3) is 11.1 Å². The largest absolute Gasteiger partial charge is 0.314 e. The van der Waals surface area contributed by atoms with E-state index in [4.69, 9.17) is 0 Å². The first-order chi connectivity index (χ1) is 29.0. The van der Waals surface area contributed by atoms with E-state index in [0.717, 1.165) is 33.1 Å². The number of benzene rings is 6. The lowest BCUT2D eigenvalue weighted by Gasteiger charge is -2.43. The SMILES string of the molecule is CC(C)(C)c1ccc2c(c1)C(C)(C)c1cc(C(C)(C)C)ccc1N2c1ccc2c(c1)-c1cc(N3c4ccc(C(C)(C)C)cc4C(C)(C)c4cc(C(C)(C)C)ccc43)ccc1P2(C)=O. The maximum absolute atomic E-state index is 15.1. The molecule has 0 amide bonds. The zero-order valence-electron chi connectivity index (χ0n) is 41.1. The van der Waals surface area contributed by atoms with Crippen molar-refractivity contribution in [1.82, 2.24) is 0 Å². The van der Waals surface area contributed by atoms with Crippen LogP contribution in [0.2, 0.25) is 0 Å². The Morgan fingerprint density at radius 3 is 0.873 bits per heavy atom. The first kappa shape index (κ1) is 43.4. The Kier molecular flexibility index (Phi) is 9.36. The van der Waals surface area contributed by atoms with Crippen LogP contribution in [-0.2, 0) is 37.1 Å². The van der Waals surface area contributed by atoms with Crippen LogP contribution < -0.4 is 20.4 Å². The highest BCUT2D eigenvalue weighted by Crippen LogP contribution is 2.58. The predicted molar refractivity (Wildman–Crippen MR) is 273 cm³/mol. The summed E-state index contributed by atoms with van der Waals surface area (Å²) in [6.45, 7) is 39.2. The van der Waals surface area contributed by atoms with Crippen molar-refractivity contribution in [3.05, 3.63) is 154 Å².